The van der Waals surface area contributed by atoms with E-state index in [1.165, 1.54) is 6.26 Å². The van der Waals surface area contributed by atoms with Crippen LogP contribution in [0.3, 0.4) is 0 Å². The van der Waals surface area contributed by atoms with E-state index in [9.17, 15) is 4.79 Å². The van der Waals surface area contributed by atoms with E-state index in [-0.39, 0.29) is 0 Å². The Morgan fingerprint density at radius 3 is 2.78 bits per heavy atom. The number of carbonyl (C=O) groups excluding carboxylic acids is 1. The van der Waals surface area contributed by atoms with Crippen molar-refractivity contribution in [2.45, 2.75) is 6.23 Å². The number of primary amides is 1. The predicted molar refractivity (Wildman–Crippen MR) is 31.0 cm³/mol. The van der Waals surface area contributed by atoms with Crippen LogP contribution in [0.25, 0.3) is 0 Å². The second-order valence-electron chi connectivity index (χ2n) is 1.84. The number of carbonyl (C=O) groups is 1. The van der Waals surface area contributed by atoms with Crippen molar-refractivity contribution in [2.75, 3.05) is 7.05 Å². The number of nitrogens with two attached hydrogens (primary N) is 1. The molecule has 0 spiro atoms. The number of hydrogen-bond acceptors (Lipinski definition) is 3. The molecule has 0 aromatic carbocycles. The molecule has 1 aliphatic heterocycles. The van der Waals surface area contributed by atoms with Crippen molar-refractivity contribution in [3.05, 3.63) is 12.5 Å². The van der Waals surface area contributed by atoms with Crippen molar-refractivity contribution >= 4 is 5.91 Å². The van der Waals surface area contributed by atoms with E-state index in [0.29, 0.717) is 0 Å². The van der Waals surface area contributed by atoms with Crippen molar-refractivity contribution < 1.29 is 9.53 Å². The smallest absolute Gasteiger partial charge is 0.280 e. The molecule has 0 bridgehead atoms. The summed E-state index contributed by atoms with van der Waals surface area (Å²) in [5.74, 6) is -0.470. The largest absolute Gasteiger partial charge is 0.467 e. The zero-order chi connectivity index (χ0) is 6.85. The first-order valence-electron chi connectivity index (χ1n) is 2.55. The average molecular weight is 128 g/mol. The Balaban J connectivity index is 2.55. The minimum Gasteiger partial charge on any atom is -0.467 e. The molecule has 0 aromatic rings. The maximum atomic E-state index is 10.4. The van der Waals surface area contributed by atoms with Gasteiger partial charge in [-0.05, 0) is 0 Å². The van der Waals surface area contributed by atoms with Gasteiger partial charge in [0.05, 0.1) is 0 Å². The van der Waals surface area contributed by atoms with Crippen LogP contribution in [-0.2, 0) is 9.53 Å². The van der Waals surface area contributed by atoms with E-state index < -0.39 is 12.1 Å². The molecule has 0 saturated heterocycles. The third-order valence-corrected chi connectivity index (χ3v) is 1.12. The summed E-state index contributed by atoms with van der Waals surface area (Å²) >= 11 is 0. The normalized spacial score (nSPS) is 24.1. The fourth-order valence-electron chi connectivity index (χ4n) is 0.647. The SMILES string of the molecule is CN1C=COC1C(N)=O. The molecule has 0 aliphatic carbocycles. The lowest BCUT2D eigenvalue weighted by atomic mass is 10.5. The van der Waals surface area contributed by atoms with Crippen molar-refractivity contribution in [3.8, 4) is 0 Å². The van der Waals surface area contributed by atoms with Crippen LogP contribution in [0, 0.1) is 0 Å². The molecule has 2 N–H and O–H groups in total. The van der Waals surface area contributed by atoms with Crippen LogP contribution in [0.5, 0.6) is 0 Å². The molecule has 1 aliphatic rings. The maximum absolute atomic E-state index is 10.4. The zero-order valence-corrected chi connectivity index (χ0v) is 5.07. The molecule has 4 nitrogen and oxygen atoms in total. The molecule has 50 valence electrons. The molecular weight excluding hydrogens is 120 g/mol. The summed E-state index contributed by atoms with van der Waals surface area (Å²) in [4.78, 5) is 12.0. The van der Waals surface area contributed by atoms with Crippen LogP contribution < -0.4 is 5.73 Å². The van der Waals surface area contributed by atoms with Crippen molar-refractivity contribution in [3.63, 3.8) is 0 Å². The molecular formula is C5H8N2O2. The molecule has 9 heavy (non-hydrogen) atoms. The van der Waals surface area contributed by atoms with Crippen LogP contribution in [0.2, 0.25) is 0 Å². The monoisotopic (exact) mass is 128 g/mol. The topological polar surface area (TPSA) is 55.6 Å². The van der Waals surface area contributed by atoms with Gasteiger partial charge in [0.1, 0.15) is 6.26 Å². The van der Waals surface area contributed by atoms with Gasteiger partial charge in [0.15, 0.2) is 0 Å². The molecule has 0 fully saturated rings. The molecule has 4 heteroatoms. The summed E-state index contributed by atoms with van der Waals surface area (Å²) in [7, 11) is 1.72. The number of hydrogen-bond donors (Lipinski definition) is 1. The maximum Gasteiger partial charge on any atom is 0.280 e. The summed E-state index contributed by atoms with van der Waals surface area (Å²) in [6, 6.07) is 0. The van der Waals surface area contributed by atoms with E-state index in [0.717, 1.165) is 0 Å². The molecule has 1 atom stereocenters. The second kappa shape index (κ2) is 1.97. The third-order valence-electron chi connectivity index (χ3n) is 1.12. The zero-order valence-electron chi connectivity index (χ0n) is 5.07. The fourth-order valence-corrected chi connectivity index (χ4v) is 0.647. The van der Waals surface area contributed by atoms with Crippen molar-refractivity contribution in [2.24, 2.45) is 5.73 Å². The van der Waals surface area contributed by atoms with E-state index in [4.69, 9.17) is 10.5 Å². The van der Waals surface area contributed by atoms with Crippen molar-refractivity contribution in [1.82, 2.24) is 4.90 Å². The highest BCUT2D eigenvalue weighted by atomic mass is 16.5. The highest BCUT2D eigenvalue weighted by Gasteiger charge is 2.21. The Kier molecular flexibility index (Phi) is 1.30. The standard InChI is InChI=1S/C5H8N2O2/c1-7-2-3-9-5(7)4(6)8/h2-3,5H,1H3,(H2,6,8). The average Bonchev–Trinajstić information content (AvgIpc) is 2.13. The summed E-state index contributed by atoms with van der Waals surface area (Å²) < 4.78 is 4.80. The number of likely N-dealkylation sites (N-methyl/N-ethyl adjacent to an activating group) is 1. The number of amides is 1. The summed E-state index contributed by atoms with van der Waals surface area (Å²) in [6.45, 7) is 0. The molecule has 0 aromatic heterocycles. The van der Waals surface area contributed by atoms with Gasteiger partial charge in [-0.1, -0.05) is 0 Å². The first-order valence-corrected chi connectivity index (χ1v) is 2.55. The quantitative estimate of drug-likeness (QED) is 0.504. The summed E-state index contributed by atoms with van der Waals surface area (Å²) in [6.07, 6.45) is 2.48. The van der Waals surface area contributed by atoms with Crippen LogP contribution in [0.1, 0.15) is 0 Å². The first kappa shape index (κ1) is 5.94. The second-order valence-corrected chi connectivity index (χ2v) is 1.84. The van der Waals surface area contributed by atoms with E-state index in [2.05, 4.69) is 0 Å². The van der Waals surface area contributed by atoms with Gasteiger partial charge >= 0.3 is 0 Å². The Morgan fingerprint density at radius 2 is 2.56 bits per heavy atom. The molecule has 1 unspecified atom stereocenters. The Bertz CT molecular complexity index is 155. The minimum atomic E-state index is -0.606. The van der Waals surface area contributed by atoms with Gasteiger partial charge in [-0.15, -0.1) is 0 Å². The number of ether oxygens (including phenoxy) is 1. The minimum absolute atomic E-state index is 0.470. The predicted octanol–water partition coefficient (Wildman–Crippen LogP) is -0.769. The first-order chi connectivity index (χ1) is 4.22. The van der Waals surface area contributed by atoms with Crippen LogP contribution in [0.15, 0.2) is 12.5 Å². The van der Waals surface area contributed by atoms with Gasteiger partial charge < -0.3 is 15.4 Å². The highest BCUT2D eigenvalue weighted by molar-refractivity contribution is 5.78. The molecule has 1 heterocycles. The molecule has 0 saturated carbocycles. The van der Waals surface area contributed by atoms with Gasteiger partial charge in [-0.3, -0.25) is 4.79 Å². The number of nitrogens with zero attached hydrogens (tertiary/aromatic N) is 1. The lowest BCUT2D eigenvalue weighted by Crippen LogP contribution is -2.37. The van der Waals surface area contributed by atoms with Gasteiger partial charge in [0, 0.05) is 13.2 Å². The van der Waals surface area contributed by atoms with Crippen LogP contribution >= 0.6 is 0 Å². The lowest BCUT2D eigenvalue weighted by molar-refractivity contribution is -0.130. The number of rotatable bonds is 1. The highest BCUT2D eigenvalue weighted by Crippen LogP contribution is 2.06. The Hall–Kier alpha value is -1.19. The summed E-state index contributed by atoms with van der Waals surface area (Å²) in [5, 5.41) is 0. The van der Waals surface area contributed by atoms with Crippen molar-refractivity contribution in [1.29, 1.82) is 0 Å². The van der Waals surface area contributed by atoms with Gasteiger partial charge in [-0.25, -0.2) is 0 Å². The van der Waals surface area contributed by atoms with Gasteiger partial charge in [0.25, 0.3) is 5.91 Å². The Morgan fingerprint density at radius 1 is 1.89 bits per heavy atom. The van der Waals surface area contributed by atoms with Gasteiger partial charge in [-0.2, -0.15) is 0 Å². The van der Waals surface area contributed by atoms with E-state index >= 15 is 0 Å². The lowest BCUT2D eigenvalue weighted by Gasteiger charge is -2.14. The Labute approximate surface area is 52.9 Å². The third kappa shape index (κ3) is 0.960. The molecule has 0 radical (unpaired) electrons. The van der Waals surface area contributed by atoms with Crippen LogP contribution in [0.4, 0.5) is 0 Å². The summed E-state index contributed by atoms with van der Waals surface area (Å²) in [5.41, 5.74) is 4.94. The molecule has 1 rings (SSSR count). The van der Waals surface area contributed by atoms with Gasteiger partial charge in [0.2, 0.25) is 6.23 Å². The molecule has 1 amide bonds. The van der Waals surface area contributed by atoms with E-state index in [1.807, 2.05) is 0 Å². The van der Waals surface area contributed by atoms with Crippen LogP contribution in [-0.4, -0.2) is 24.1 Å². The fraction of sp³-hybridized carbons (Fsp3) is 0.400. The van der Waals surface area contributed by atoms with E-state index in [1.54, 1.807) is 18.1 Å².